The van der Waals surface area contributed by atoms with Crippen molar-refractivity contribution >= 4 is 0 Å². The Morgan fingerprint density at radius 2 is 2.06 bits per heavy atom. The highest BCUT2D eigenvalue weighted by molar-refractivity contribution is 4.93. The molecular formula is C12H19N3O. The van der Waals surface area contributed by atoms with Crippen LogP contribution < -0.4 is 5.32 Å². The monoisotopic (exact) mass is 221 g/mol. The van der Waals surface area contributed by atoms with Gasteiger partial charge in [-0.15, -0.1) is 0 Å². The standard InChI is InChI=1S/C12H19N3O/c16-12-3-1-10(2-4-12)7-14-9-11-8-13-5-6-15-11/h5-6,8,10,12,14,16H,1-4,7,9H2. The van der Waals surface area contributed by atoms with Gasteiger partial charge >= 0.3 is 0 Å². The molecule has 1 aliphatic rings. The molecule has 0 saturated heterocycles. The normalized spacial score (nSPS) is 25.6. The van der Waals surface area contributed by atoms with Crippen molar-refractivity contribution in [3.8, 4) is 0 Å². The highest BCUT2D eigenvalue weighted by atomic mass is 16.3. The molecular weight excluding hydrogens is 202 g/mol. The van der Waals surface area contributed by atoms with E-state index in [0.717, 1.165) is 44.5 Å². The zero-order valence-electron chi connectivity index (χ0n) is 9.47. The van der Waals surface area contributed by atoms with Gasteiger partial charge in [0.1, 0.15) is 0 Å². The van der Waals surface area contributed by atoms with Crippen molar-refractivity contribution in [3.05, 3.63) is 24.3 Å². The van der Waals surface area contributed by atoms with E-state index in [9.17, 15) is 5.11 Å². The van der Waals surface area contributed by atoms with E-state index in [1.807, 2.05) is 0 Å². The van der Waals surface area contributed by atoms with Crippen LogP contribution in [0.5, 0.6) is 0 Å². The van der Waals surface area contributed by atoms with Gasteiger partial charge in [-0.05, 0) is 38.1 Å². The van der Waals surface area contributed by atoms with Crippen molar-refractivity contribution in [2.75, 3.05) is 6.54 Å². The van der Waals surface area contributed by atoms with Crippen molar-refractivity contribution in [1.82, 2.24) is 15.3 Å². The van der Waals surface area contributed by atoms with Crippen LogP contribution in [0.2, 0.25) is 0 Å². The molecule has 4 nitrogen and oxygen atoms in total. The molecule has 0 spiro atoms. The minimum absolute atomic E-state index is 0.0590. The summed E-state index contributed by atoms with van der Waals surface area (Å²) in [4.78, 5) is 8.23. The Bertz CT molecular complexity index is 296. The molecule has 1 aromatic rings. The first-order valence-corrected chi connectivity index (χ1v) is 5.98. The fourth-order valence-electron chi connectivity index (χ4n) is 2.17. The largest absolute Gasteiger partial charge is 0.393 e. The number of aliphatic hydroxyl groups excluding tert-OH is 1. The third-order valence-electron chi connectivity index (χ3n) is 3.17. The lowest BCUT2D eigenvalue weighted by atomic mass is 9.87. The minimum Gasteiger partial charge on any atom is -0.393 e. The molecule has 1 aliphatic carbocycles. The molecule has 1 aromatic heterocycles. The van der Waals surface area contributed by atoms with E-state index in [0.29, 0.717) is 5.92 Å². The average Bonchev–Trinajstić information content (AvgIpc) is 2.33. The van der Waals surface area contributed by atoms with E-state index in [1.54, 1.807) is 18.6 Å². The Morgan fingerprint density at radius 3 is 2.75 bits per heavy atom. The fraction of sp³-hybridized carbons (Fsp3) is 0.667. The molecule has 1 saturated carbocycles. The van der Waals surface area contributed by atoms with Crippen LogP contribution in [0.1, 0.15) is 31.4 Å². The van der Waals surface area contributed by atoms with Crippen LogP contribution in [-0.4, -0.2) is 27.7 Å². The Balaban J connectivity index is 1.65. The van der Waals surface area contributed by atoms with Crippen LogP contribution in [0.15, 0.2) is 18.6 Å². The van der Waals surface area contributed by atoms with Crippen molar-refractivity contribution in [2.45, 2.75) is 38.3 Å². The van der Waals surface area contributed by atoms with E-state index in [-0.39, 0.29) is 6.10 Å². The number of aromatic nitrogens is 2. The van der Waals surface area contributed by atoms with Gasteiger partial charge in [-0.2, -0.15) is 0 Å². The number of hydrogen-bond donors (Lipinski definition) is 2. The highest BCUT2D eigenvalue weighted by Gasteiger charge is 2.18. The molecule has 2 N–H and O–H groups in total. The summed E-state index contributed by atoms with van der Waals surface area (Å²) in [5, 5.41) is 12.8. The summed E-state index contributed by atoms with van der Waals surface area (Å²) in [6, 6.07) is 0. The Kier molecular flexibility index (Phi) is 4.25. The van der Waals surface area contributed by atoms with Crippen molar-refractivity contribution in [3.63, 3.8) is 0 Å². The van der Waals surface area contributed by atoms with E-state index in [1.165, 1.54) is 0 Å². The van der Waals surface area contributed by atoms with E-state index >= 15 is 0 Å². The summed E-state index contributed by atoms with van der Waals surface area (Å²) in [5.74, 6) is 0.708. The molecule has 1 fully saturated rings. The summed E-state index contributed by atoms with van der Waals surface area (Å²) in [5.41, 5.74) is 0.985. The summed E-state index contributed by atoms with van der Waals surface area (Å²) < 4.78 is 0. The molecule has 0 aliphatic heterocycles. The molecule has 0 aromatic carbocycles. The maximum Gasteiger partial charge on any atom is 0.0724 e. The third-order valence-corrected chi connectivity index (χ3v) is 3.17. The average molecular weight is 221 g/mol. The minimum atomic E-state index is -0.0590. The SMILES string of the molecule is OC1CCC(CNCc2cnccn2)CC1. The first kappa shape index (κ1) is 11.5. The van der Waals surface area contributed by atoms with E-state index in [2.05, 4.69) is 15.3 Å². The molecule has 4 heteroatoms. The predicted molar refractivity (Wildman–Crippen MR) is 61.7 cm³/mol. The zero-order valence-corrected chi connectivity index (χ0v) is 9.47. The van der Waals surface area contributed by atoms with Gasteiger partial charge in [0.15, 0.2) is 0 Å². The van der Waals surface area contributed by atoms with Gasteiger partial charge in [-0.1, -0.05) is 0 Å². The number of nitrogens with zero attached hydrogens (tertiary/aromatic N) is 2. The molecule has 0 unspecified atom stereocenters. The third kappa shape index (κ3) is 3.54. The smallest absolute Gasteiger partial charge is 0.0724 e. The Labute approximate surface area is 96.1 Å². The van der Waals surface area contributed by atoms with E-state index in [4.69, 9.17) is 0 Å². The van der Waals surface area contributed by atoms with Crippen LogP contribution >= 0.6 is 0 Å². The number of hydrogen-bond acceptors (Lipinski definition) is 4. The van der Waals surface area contributed by atoms with Gasteiger partial charge in [0.2, 0.25) is 0 Å². The molecule has 1 heterocycles. The van der Waals surface area contributed by atoms with Crippen molar-refractivity contribution < 1.29 is 5.11 Å². The zero-order chi connectivity index (χ0) is 11.2. The summed E-state index contributed by atoms with van der Waals surface area (Å²) in [6.45, 7) is 1.80. The maximum atomic E-state index is 9.39. The van der Waals surface area contributed by atoms with Crippen LogP contribution in [0.25, 0.3) is 0 Å². The van der Waals surface area contributed by atoms with E-state index < -0.39 is 0 Å². The molecule has 0 bridgehead atoms. The summed E-state index contributed by atoms with van der Waals surface area (Å²) in [7, 11) is 0. The first-order valence-electron chi connectivity index (χ1n) is 5.98. The van der Waals surface area contributed by atoms with Crippen LogP contribution in [-0.2, 0) is 6.54 Å². The van der Waals surface area contributed by atoms with Gasteiger partial charge in [0.25, 0.3) is 0 Å². The van der Waals surface area contributed by atoms with Crippen LogP contribution in [0.4, 0.5) is 0 Å². The molecule has 0 amide bonds. The fourth-order valence-corrected chi connectivity index (χ4v) is 2.17. The van der Waals surface area contributed by atoms with Crippen LogP contribution in [0, 0.1) is 5.92 Å². The summed E-state index contributed by atoms with van der Waals surface area (Å²) in [6.07, 6.45) is 9.31. The van der Waals surface area contributed by atoms with Gasteiger partial charge in [-0.3, -0.25) is 9.97 Å². The number of aliphatic hydroxyl groups is 1. The number of nitrogens with one attached hydrogen (secondary N) is 1. The van der Waals surface area contributed by atoms with Gasteiger partial charge in [-0.25, -0.2) is 0 Å². The number of rotatable bonds is 4. The molecule has 2 rings (SSSR count). The van der Waals surface area contributed by atoms with Crippen molar-refractivity contribution in [2.24, 2.45) is 5.92 Å². The maximum absolute atomic E-state index is 9.39. The predicted octanol–water partition coefficient (Wildman–Crippen LogP) is 1.12. The van der Waals surface area contributed by atoms with Crippen LogP contribution in [0.3, 0.4) is 0 Å². The Hall–Kier alpha value is -1.00. The second kappa shape index (κ2) is 5.92. The van der Waals surface area contributed by atoms with Gasteiger partial charge in [0.05, 0.1) is 11.8 Å². The molecule has 0 radical (unpaired) electrons. The molecule has 88 valence electrons. The van der Waals surface area contributed by atoms with Gasteiger partial charge < -0.3 is 10.4 Å². The second-order valence-corrected chi connectivity index (χ2v) is 4.50. The lowest BCUT2D eigenvalue weighted by Gasteiger charge is -2.25. The highest BCUT2D eigenvalue weighted by Crippen LogP contribution is 2.23. The molecule has 0 atom stereocenters. The Morgan fingerprint density at radius 1 is 1.25 bits per heavy atom. The summed E-state index contributed by atoms with van der Waals surface area (Å²) >= 11 is 0. The lowest BCUT2D eigenvalue weighted by molar-refractivity contribution is 0.108. The first-order chi connectivity index (χ1) is 7.84. The van der Waals surface area contributed by atoms with Crippen molar-refractivity contribution in [1.29, 1.82) is 0 Å². The topological polar surface area (TPSA) is 58.0 Å². The second-order valence-electron chi connectivity index (χ2n) is 4.50. The molecule has 16 heavy (non-hydrogen) atoms. The quantitative estimate of drug-likeness (QED) is 0.800. The lowest BCUT2D eigenvalue weighted by Crippen LogP contribution is -2.27. The van der Waals surface area contributed by atoms with Gasteiger partial charge in [0, 0.05) is 25.1 Å².